The smallest absolute Gasteiger partial charge is 0.286 e. The fourth-order valence-electron chi connectivity index (χ4n) is 3.23. The molecule has 1 aliphatic heterocycles. The summed E-state index contributed by atoms with van der Waals surface area (Å²) in [5.41, 5.74) is 1.07. The van der Waals surface area contributed by atoms with Crippen molar-refractivity contribution in [1.82, 2.24) is 15.1 Å². The van der Waals surface area contributed by atoms with Crippen LogP contribution in [0.25, 0.3) is 0 Å². The molecule has 1 N–H and O–H groups in total. The van der Waals surface area contributed by atoms with E-state index in [1.807, 2.05) is 18.2 Å². The van der Waals surface area contributed by atoms with Gasteiger partial charge in [0, 0.05) is 16.7 Å². The van der Waals surface area contributed by atoms with Crippen LogP contribution in [0.15, 0.2) is 53.0 Å². The van der Waals surface area contributed by atoms with E-state index in [1.54, 1.807) is 11.0 Å². The van der Waals surface area contributed by atoms with Crippen LogP contribution in [0.3, 0.4) is 0 Å². The summed E-state index contributed by atoms with van der Waals surface area (Å²) in [5, 5.41) is 11.7. The van der Waals surface area contributed by atoms with E-state index in [2.05, 4.69) is 31.4 Å². The highest BCUT2D eigenvalue weighted by Crippen LogP contribution is 2.35. The van der Waals surface area contributed by atoms with Gasteiger partial charge in [0.1, 0.15) is 10.8 Å². The van der Waals surface area contributed by atoms with Gasteiger partial charge in [-0.05, 0) is 65.2 Å². The van der Waals surface area contributed by atoms with Gasteiger partial charge < -0.3 is 10.2 Å². The lowest BCUT2D eigenvalue weighted by atomic mass is 10.1. The van der Waals surface area contributed by atoms with Crippen molar-refractivity contribution in [2.75, 3.05) is 11.9 Å². The minimum Gasteiger partial charge on any atom is -0.329 e. The molecule has 0 saturated carbocycles. The van der Waals surface area contributed by atoms with Crippen molar-refractivity contribution in [3.63, 3.8) is 0 Å². The largest absolute Gasteiger partial charge is 0.329 e. The van der Waals surface area contributed by atoms with Crippen LogP contribution in [0.2, 0.25) is 0 Å². The van der Waals surface area contributed by atoms with E-state index in [0.29, 0.717) is 22.8 Å². The monoisotopic (exact) mass is 474 g/mol. The zero-order valence-corrected chi connectivity index (χ0v) is 17.5. The van der Waals surface area contributed by atoms with Crippen LogP contribution >= 0.6 is 27.3 Å². The molecule has 1 atom stereocenters. The first-order chi connectivity index (χ1) is 14.0. The first kappa shape index (κ1) is 19.7. The molecule has 4 rings (SSSR count). The summed E-state index contributed by atoms with van der Waals surface area (Å²) in [4.78, 5) is 27.2. The van der Waals surface area contributed by atoms with Gasteiger partial charge >= 0.3 is 0 Å². The summed E-state index contributed by atoms with van der Waals surface area (Å²) in [6, 6.07) is 12.6. The van der Waals surface area contributed by atoms with Crippen molar-refractivity contribution in [3.8, 4) is 0 Å². The van der Waals surface area contributed by atoms with E-state index in [-0.39, 0.29) is 22.8 Å². The number of nitrogens with one attached hydrogen (secondary N) is 1. The van der Waals surface area contributed by atoms with Gasteiger partial charge in [0.25, 0.3) is 11.8 Å². The molecular weight excluding hydrogens is 459 g/mol. The van der Waals surface area contributed by atoms with Gasteiger partial charge in [-0.25, -0.2) is 4.39 Å². The molecule has 0 radical (unpaired) electrons. The molecule has 3 aromatic rings. The lowest BCUT2D eigenvalue weighted by molar-refractivity contribution is 0.0734. The fourth-order valence-corrected chi connectivity index (χ4v) is 4.58. The van der Waals surface area contributed by atoms with Gasteiger partial charge in [0.15, 0.2) is 0 Å². The lowest BCUT2D eigenvalue weighted by Gasteiger charge is -2.23. The van der Waals surface area contributed by atoms with E-state index >= 15 is 0 Å². The molecule has 2 amide bonds. The zero-order valence-electron chi connectivity index (χ0n) is 15.1. The van der Waals surface area contributed by atoms with Gasteiger partial charge in [-0.1, -0.05) is 23.5 Å². The molecule has 2 heterocycles. The van der Waals surface area contributed by atoms with E-state index in [0.717, 1.165) is 17.3 Å². The molecule has 1 saturated heterocycles. The van der Waals surface area contributed by atoms with Crippen LogP contribution in [0, 0.1) is 5.82 Å². The highest BCUT2D eigenvalue weighted by molar-refractivity contribution is 9.10. The Morgan fingerprint density at radius 1 is 1.14 bits per heavy atom. The van der Waals surface area contributed by atoms with Gasteiger partial charge in [-0.15, -0.1) is 10.2 Å². The molecule has 9 heteroatoms. The van der Waals surface area contributed by atoms with Crippen molar-refractivity contribution >= 4 is 44.8 Å². The molecule has 6 nitrogen and oxygen atoms in total. The van der Waals surface area contributed by atoms with E-state index in [1.165, 1.54) is 35.6 Å². The van der Waals surface area contributed by atoms with Crippen LogP contribution in [0.1, 0.15) is 44.1 Å². The summed E-state index contributed by atoms with van der Waals surface area (Å²) in [6.45, 7) is 0.627. The lowest BCUT2D eigenvalue weighted by Crippen LogP contribution is -2.30. The average molecular weight is 475 g/mol. The number of anilines is 1. The maximum atomic E-state index is 13.0. The van der Waals surface area contributed by atoms with Gasteiger partial charge in [0.05, 0.1) is 11.6 Å². The Labute approximate surface area is 178 Å². The number of carbonyl (C=O) groups is 2. The molecule has 0 unspecified atom stereocenters. The Morgan fingerprint density at radius 3 is 2.66 bits per heavy atom. The predicted molar refractivity (Wildman–Crippen MR) is 111 cm³/mol. The maximum absolute atomic E-state index is 13.0. The number of nitrogens with zero attached hydrogens (tertiary/aromatic N) is 3. The Kier molecular flexibility index (Phi) is 5.68. The van der Waals surface area contributed by atoms with Crippen LogP contribution in [0.4, 0.5) is 10.1 Å². The third-order valence-electron chi connectivity index (χ3n) is 4.64. The van der Waals surface area contributed by atoms with Gasteiger partial charge in [-0.3, -0.25) is 9.59 Å². The summed E-state index contributed by atoms with van der Waals surface area (Å²) in [6.07, 6.45) is 1.63. The second-order valence-electron chi connectivity index (χ2n) is 6.54. The first-order valence-electron chi connectivity index (χ1n) is 8.99. The molecule has 148 valence electrons. The van der Waals surface area contributed by atoms with Crippen molar-refractivity contribution in [2.24, 2.45) is 0 Å². The number of halogens is 2. The third-order valence-corrected chi connectivity index (χ3v) is 6.35. The summed E-state index contributed by atoms with van der Waals surface area (Å²) in [5.74, 6) is -0.869. The molecule has 2 aromatic carbocycles. The van der Waals surface area contributed by atoms with Crippen molar-refractivity contribution < 1.29 is 14.0 Å². The Morgan fingerprint density at radius 2 is 1.90 bits per heavy atom. The molecule has 0 aliphatic carbocycles. The molecule has 1 aliphatic rings. The summed E-state index contributed by atoms with van der Waals surface area (Å²) in [7, 11) is 0. The highest BCUT2D eigenvalue weighted by Gasteiger charge is 2.34. The Bertz CT molecular complexity index is 1060. The number of aromatic nitrogens is 2. The number of likely N-dealkylation sites (tertiary alicyclic amines) is 1. The Hall–Kier alpha value is -2.65. The van der Waals surface area contributed by atoms with Crippen LogP contribution in [-0.2, 0) is 0 Å². The molecule has 1 aromatic heterocycles. The molecule has 0 spiro atoms. The van der Waals surface area contributed by atoms with Crippen molar-refractivity contribution in [3.05, 3.63) is 74.4 Å². The standard InChI is InChI=1S/C20H16BrFN4O2S/c21-15-5-2-1-4-14(15)20(28)26-11-3-6-16(26)18-24-25-19(29-18)17(27)23-13-9-7-12(22)8-10-13/h1-2,4-5,7-10,16H,3,6,11H2,(H,23,27)/t16-/m0/s1. The van der Waals surface area contributed by atoms with Crippen molar-refractivity contribution in [1.29, 1.82) is 0 Å². The summed E-state index contributed by atoms with van der Waals surface area (Å²) >= 11 is 4.60. The minimum atomic E-state index is -0.415. The average Bonchev–Trinajstić information content (AvgIpc) is 3.39. The minimum absolute atomic E-state index is 0.0764. The molecular formula is C20H16BrFN4O2S. The number of benzene rings is 2. The molecule has 0 bridgehead atoms. The second-order valence-corrected chi connectivity index (χ2v) is 8.41. The predicted octanol–water partition coefficient (Wildman–Crippen LogP) is 4.67. The molecule has 1 fully saturated rings. The maximum Gasteiger partial charge on any atom is 0.286 e. The highest BCUT2D eigenvalue weighted by atomic mass is 79.9. The number of carbonyl (C=O) groups excluding carboxylic acids is 2. The topological polar surface area (TPSA) is 75.2 Å². The second kappa shape index (κ2) is 8.38. The van der Waals surface area contributed by atoms with E-state index < -0.39 is 5.91 Å². The van der Waals surface area contributed by atoms with Crippen LogP contribution < -0.4 is 5.32 Å². The first-order valence-corrected chi connectivity index (χ1v) is 10.6. The number of hydrogen-bond acceptors (Lipinski definition) is 5. The number of hydrogen-bond donors (Lipinski definition) is 1. The quantitative estimate of drug-likeness (QED) is 0.595. The van der Waals surface area contributed by atoms with Gasteiger partial charge in [-0.2, -0.15) is 0 Å². The van der Waals surface area contributed by atoms with Gasteiger partial charge in [0.2, 0.25) is 5.01 Å². The number of amides is 2. The van der Waals surface area contributed by atoms with Crippen LogP contribution in [0.5, 0.6) is 0 Å². The number of rotatable bonds is 4. The summed E-state index contributed by atoms with van der Waals surface area (Å²) < 4.78 is 13.7. The Balaban J connectivity index is 1.50. The SMILES string of the molecule is O=C(Nc1ccc(F)cc1)c1nnc([C@@H]2CCCN2C(=O)c2ccccc2Br)s1. The van der Waals surface area contributed by atoms with E-state index in [9.17, 15) is 14.0 Å². The van der Waals surface area contributed by atoms with Crippen molar-refractivity contribution in [2.45, 2.75) is 18.9 Å². The zero-order chi connectivity index (χ0) is 20.4. The normalized spacial score (nSPS) is 16.1. The van der Waals surface area contributed by atoms with E-state index in [4.69, 9.17) is 0 Å². The third kappa shape index (κ3) is 4.20. The molecule has 29 heavy (non-hydrogen) atoms. The van der Waals surface area contributed by atoms with Crippen LogP contribution in [-0.4, -0.2) is 33.5 Å². The fraction of sp³-hybridized carbons (Fsp3) is 0.200.